The van der Waals surface area contributed by atoms with Crippen LogP contribution < -0.4 is 0 Å². The molecule has 58 valence electrons. The smallest absolute Gasteiger partial charge is 0.270 e. The van der Waals surface area contributed by atoms with Crippen LogP contribution in [0.2, 0.25) is 0 Å². The molecule has 1 fully saturated rings. The fraction of sp³-hybridized carbons (Fsp3) is 0.833. The van der Waals surface area contributed by atoms with Crippen LogP contribution in [0.4, 0.5) is 0 Å². The van der Waals surface area contributed by atoms with Crippen molar-refractivity contribution in [2.24, 2.45) is 5.92 Å². The summed E-state index contributed by atoms with van der Waals surface area (Å²) >= 11 is 0. The maximum atomic E-state index is 10.8. The second-order valence-electron chi connectivity index (χ2n) is 2.61. The Hall–Kier alpha value is -0.610. The second kappa shape index (κ2) is 2.98. The van der Waals surface area contributed by atoms with E-state index < -0.39 is 5.91 Å². The summed E-state index contributed by atoms with van der Waals surface area (Å²) in [6.07, 6.45) is 3.61. The Morgan fingerprint density at radius 1 is 1.30 bits per heavy atom. The van der Waals surface area contributed by atoms with Gasteiger partial charge in [0.1, 0.15) is 0 Å². The zero-order valence-corrected chi connectivity index (χ0v) is 5.66. The lowest BCUT2D eigenvalue weighted by Crippen LogP contribution is -2.29. The molecule has 0 spiro atoms. The van der Waals surface area contributed by atoms with Crippen molar-refractivity contribution in [2.45, 2.75) is 25.7 Å². The lowest BCUT2D eigenvalue weighted by molar-refractivity contribution is -0.288. The van der Waals surface area contributed by atoms with Crippen LogP contribution in [0, 0.1) is 5.92 Å². The largest absolute Gasteiger partial charge is 0.276 e. The Labute approximate surface area is 59.0 Å². The minimum atomic E-state index is -0.572. The van der Waals surface area contributed by atoms with Crippen molar-refractivity contribution < 1.29 is 15.2 Å². The predicted molar refractivity (Wildman–Crippen MR) is 32.4 cm³/mol. The van der Waals surface area contributed by atoms with E-state index in [1.807, 2.05) is 0 Å². The summed E-state index contributed by atoms with van der Waals surface area (Å²) in [7, 11) is 0. The lowest BCUT2D eigenvalue weighted by Gasteiger charge is -2.10. The van der Waals surface area contributed by atoms with Crippen molar-refractivity contribution in [3.05, 3.63) is 0 Å². The fourth-order valence-electron chi connectivity index (χ4n) is 1.34. The summed E-state index contributed by atoms with van der Waals surface area (Å²) in [5, 5.41) is 16.3. The Balaban J connectivity index is 2.40. The van der Waals surface area contributed by atoms with E-state index in [2.05, 4.69) is 0 Å². The first kappa shape index (κ1) is 7.50. The molecule has 0 heterocycles. The maximum absolute atomic E-state index is 10.8. The molecule has 1 saturated carbocycles. The van der Waals surface area contributed by atoms with E-state index in [4.69, 9.17) is 10.4 Å². The van der Waals surface area contributed by atoms with Gasteiger partial charge in [-0.25, -0.2) is 0 Å². The van der Waals surface area contributed by atoms with Crippen LogP contribution in [0.5, 0.6) is 0 Å². The predicted octanol–water partition coefficient (Wildman–Crippen LogP) is 0.784. The summed E-state index contributed by atoms with van der Waals surface area (Å²) in [5.74, 6) is -0.729. The van der Waals surface area contributed by atoms with Gasteiger partial charge in [0.25, 0.3) is 5.91 Å². The molecule has 1 aliphatic rings. The van der Waals surface area contributed by atoms with Gasteiger partial charge in [0.15, 0.2) is 0 Å². The lowest BCUT2D eigenvalue weighted by atomic mass is 10.1. The van der Waals surface area contributed by atoms with Crippen LogP contribution >= 0.6 is 0 Å². The molecule has 1 amide bonds. The molecule has 4 nitrogen and oxygen atoms in total. The molecule has 0 radical (unpaired) electrons. The quantitative estimate of drug-likeness (QED) is 0.423. The molecule has 0 atom stereocenters. The summed E-state index contributed by atoms with van der Waals surface area (Å²) in [4.78, 5) is 10.8. The third-order valence-corrected chi connectivity index (χ3v) is 1.90. The highest BCUT2D eigenvalue weighted by molar-refractivity contribution is 5.76. The van der Waals surface area contributed by atoms with Gasteiger partial charge in [-0.2, -0.15) is 0 Å². The molecule has 2 N–H and O–H groups in total. The van der Waals surface area contributed by atoms with Crippen molar-refractivity contribution in [1.82, 2.24) is 5.23 Å². The maximum Gasteiger partial charge on any atom is 0.276 e. The number of amides is 1. The van der Waals surface area contributed by atoms with E-state index in [9.17, 15) is 4.79 Å². The standard InChI is InChI=1S/C6H11NO3/c8-6(7(9)10)5-3-1-2-4-5/h5,9-10H,1-4H2. The SMILES string of the molecule is O=C(C1CCCC1)N(O)O. The highest BCUT2D eigenvalue weighted by Gasteiger charge is 2.25. The number of carbonyl (C=O) groups excluding carboxylic acids is 1. The summed E-state index contributed by atoms with van der Waals surface area (Å²) in [6.45, 7) is 0. The molecule has 1 rings (SSSR count). The van der Waals surface area contributed by atoms with E-state index in [0.717, 1.165) is 25.7 Å². The molecule has 4 heteroatoms. The molecular formula is C6H11NO3. The van der Waals surface area contributed by atoms with Crippen LogP contribution in [-0.4, -0.2) is 21.5 Å². The molecule has 0 saturated heterocycles. The monoisotopic (exact) mass is 145 g/mol. The third-order valence-electron chi connectivity index (χ3n) is 1.90. The van der Waals surface area contributed by atoms with Crippen LogP contribution in [0.1, 0.15) is 25.7 Å². The van der Waals surface area contributed by atoms with Gasteiger partial charge in [0.05, 0.1) is 0 Å². The van der Waals surface area contributed by atoms with Crippen molar-refractivity contribution in [3.63, 3.8) is 0 Å². The molecule has 0 aromatic rings. The third kappa shape index (κ3) is 1.46. The van der Waals surface area contributed by atoms with E-state index >= 15 is 0 Å². The van der Waals surface area contributed by atoms with Crippen molar-refractivity contribution >= 4 is 5.91 Å². The normalized spacial score (nSPS) is 19.4. The van der Waals surface area contributed by atoms with Crippen LogP contribution in [0.15, 0.2) is 0 Å². The summed E-state index contributed by atoms with van der Waals surface area (Å²) in [5.41, 5.74) is 0. The Kier molecular flexibility index (Phi) is 2.24. The average molecular weight is 145 g/mol. The number of hydroxylamine groups is 2. The van der Waals surface area contributed by atoms with Gasteiger partial charge in [0.2, 0.25) is 0 Å². The number of hydrogen-bond donors (Lipinski definition) is 2. The van der Waals surface area contributed by atoms with Gasteiger partial charge in [-0.05, 0) is 12.8 Å². The van der Waals surface area contributed by atoms with Crippen molar-refractivity contribution in [3.8, 4) is 0 Å². The van der Waals surface area contributed by atoms with Gasteiger partial charge in [-0.15, -0.1) is 0 Å². The minimum Gasteiger partial charge on any atom is -0.270 e. The molecule has 0 bridgehead atoms. The second-order valence-corrected chi connectivity index (χ2v) is 2.61. The molecule has 0 aromatic heterocycles. The molecule has 0 unspecified atom stereocenters. The van der Waals surface area contributed by atoms with Crippen LogP contribution in [0.25, 0.3) is 0 Å². The molecule has 0 aliphatic heterocycles. The first-order valence-corrected chi connectivity index (χ1v) is 3.43. The van der Waals surface area contributed by atoms with Gasteiger partial charge in [0, 0.05) is 5.92 Å². The molecule has 0 aromatic carbocycles. The van der Waals surface area contributed by atoms with Gasteiger partial charge >= 0.3 is 0 Å². The summed E-state index contributed by atoms with van der Waals surface area (Å²) in [6, 6.07) is 0. The average Bonchev–Trinajstić information content (AvgIpc) is 2.36. The Bertz CT molecular complexity index is 129. The number of hydrogen-bond acceptors (Lipinski definition) is 3. The number of nitrogens with zero attached hydrogens (tertiary/aromatic N) is 1. The summed E-state index contributed by atoms with van der Waals surface area (Å²) < 4.78 is 0. The van der Waals surface area contributed by atoms with E-state index in [1.54, 1.807) is 0 Å². The highest BCUT2D eigenvalue weighted by atomic mass is 16.8. The van der Waals surface area contributed by atoms with Gasteiger partial charge in [-0.3, -0.25) is 15.2 Å². The topological polar surface area (TPSA) is 60.8 Å². The molecule has 10 heavy (non-hydrogen) atoms. The zero-order valence-electron chi connectivity index (χ0n) is 5.66. The molecular weight excluding hydrogens is 134 g/mol. The zero-order chi connectivity index (χ0) is 7.56. The fourth-order valence-corrected chi connectivity index (χ4v) is 1.34. The van der Waals surface area contributed by atoms with Gasteiger partial charge in [-0.1, -0.05) is 18.1 Å². The first-order chi connectivity index (χ1) is 4.72. The first-order valence-electron chi connectivity index (χ1n) is 3.43. The van der Waals surface area contributed by atoms with Gasteiger partial charge < -0.3 is 0 Å². The Morgan fingerprint density at radius 2 is 1.80 bits per heavy atom. The van der Waals surface area contributed by atoms with Crippen molar-refractivity contribution in [2.75, 3.05) is 0 Å². The van der Waals surface area contributed by atoms with Crippen molar-refractivity contribution in [1.29, 1.82) is 0 Å². The van der Waals surface area contributed by atoms with E-state index in [0.29, 0.717) is 0 Å². The van der Waals surface area contributed by atoms with Crippen LogP contribution in [0.3, 0.4) is 0 Å². The highest BCUT2D eigenvalue weighted by Crippen LogP contribution is 2.25. The number of carbonyl (C=O) groups is 1. The Morgan fingerprint density at radius 3 is 2.20 bits per heavy atom. The number of rotatable bonds is 1. The van der Waals surface area contributed by atoms with E-state index in [1.165, 1.54) is 0 Å². The van der Waals surface area contributed by atoms with E-state index in [-0.39, 0.29) is 11.1 Å². The van der Waals surface area contributed by atoms with Crippen LogP contribution in [-0.2, 0) is 4.79 Å². The minimum absolute atomic E-state index is 0.157. The molecule has 1 aliphatic carbocycles.